The molecule has 0 fully saturated rings. The summed E-state index contributed by atoms with van der Waals surface area (Å²) in [7, 11) is 4.09. The Kier molecular flexibility index (Phi) is 4.18. The molecule has 0 amide bonds. The lowest BCUT2D eigenvalue weighted by Gasteiger charge is -2.44. The van der Waals surface area contributed by atoms with Crippen LogP contribution in [-0.2, 0) is 10.2 Å². The van der Waals surface area contributed by atoms with Gasteiger partial charge in [-0.15, -0.1) is 11.3 Å². The highest BCUT2D eigenvalue weighted by Crippen LogP contribution is 2.55. The molecule has 1 aromatic heterocycles. The Balaban J connectivity index is 1.96. The lowest BCUT2D eigenvalue weighted by Crippen LogP contribution is -2.43. The zero-order chi connectivity index (χ0) is 19.4. The van der Waals surface area contributed by atoms with E-state index in [0.29, 0.717) is 6.42 Å². The number of thiazole rings is 1. The van der Waals surface area contributed by atoms with Crippen LogP contribution >= 0.6 is 11.3 Å². The van der Waals surface area contributed by atoms with Gasteiger partial charge in [0.2, 0.25) is 0 Å². The standard InChI is InChI=1S/C22H27N3OS/c1-6-22(14-7-9-15(10-8-14)25(4)5)18-16(11-21(2,3)12-17(18)26)24-20-19(22)27-13-23-20/h7-10,13,24H,6,11-12H2,1-5H3. The number of hydrogen-bond donors (Lipinski definition) is 1. The SMILES string of the molecule is CCC1(c2ccc(N(C)C)cc2)C2=C(CC(C)(C)CC2=O)Nc2ncsc21. The van der Waals surface area contributed by atoms with Crippen molar-refractivity contribution < 1.29 is 4.79 Å². The molecule has 1 aliphatic heterocycles. The first-order valence-corrected chi connectivity index (χ1v) is 10.4. The summed E-state index contributed by atoms with van der Waals surface area (Å²) in [5.41, 5.74) is 5.83. The van der Waals surface area contributed by atoms with Gasteiger partial charge in [-0.25, -0.2) is 4.98 Å². The average Bonchev–Trinajstić information content (AvgIpc) is 3.07. The van der Waals surface area contributed by atoms with E-state index < -0.39 is 5.41 Å². The van der Waals surface area contributed by atoms with E-state index >= 15 is 0 Å². The minimum absolute atomic E-state index is 0.0231. The number of ketones is 1. The Morgan fingerprint density at radius 2 is 1.89 bits per heavy atom. The minimum atomic E-state index is -0.407. The second kappa shape index (κ2) is 6.20. The van der Waals surface area contributed by atoms with Crippen molar-refractivity contribution >= 4 is 28.6 Å². The maximum Gasteiger partial charge on any atom is 0.162 e. The molecular formula is C22H27N3OS. The van der Waals surface area contributed by atoms with Crippen LogP contribution in [0.25, 0.3) is 0 Å². The zero-order valence-corrected chi connectivity index (χ0v) is 17.5. The summed E-state index contributed by atoms with van der Waals surface area (Å²) in [5.74, 6) is 1.19. The molecule has 0 bridgehead atoms. The Morgan fingerprint density at radius 1 is 1.19 bits per heavy atom. The van der Waals surface area contributed by atoms with Crippen molar-refractivity contribution in [2.24, 2.45) is 5.41 Å². The second-order valence-corrected chi connectivity index (χ2v) is 9.50. The fraction of sp³-hybridized carbons (Fsp3) is 0.455. The number of allylic oxidation sites excluding steroid dienone is 2. The Hall–Kier alpha value is -2.14. The maximum absolute atomic E-state index is 13.4. The van der Waals surface area contributed by atoms with Crippen LogP contribution in [0.3, 0.4) is 0 Å². The third-order valence-electron chi connectivity index (χ3n) is 5.93. The van der Waals surface area contributed by atoms with Crippen molar-refractivity contribution in [3.63, 3.8) is 0 Å². The summed E-state index contributed by atoms with van der Waals surface area (Å²) in [6.07, 6.45) is 2.32. The summed E-state index contributed by atoms with van der Waals surface area (Å²) in [5, 5.41) is 3.50. The molecule has 5 heteroatoms. The first-order chi connectivity index (χ1) is 12.8. The number of Topliss-reactive ketones (excluding diaryl/α,β-unsaturated/α-hetero) is 1. The molecule has 1 N–H and O–H groups in total. The number of hydrogen-bond acceptors (Lipinski definition) is 5. The molecule has 1 aliphatic carbocycles. The van der Waals surface area contributed by atoms with Crippen molar-refractivity contribution in [1.29, 1.82) is 0 Å². The third kappa shape index (κ3) is 2.71. The Bertz CT molecular complexity index is 923. The van der Waals surface area contributed by atoms with Gasteiger partial charge in [0.05, 0.1) is 15.8 Å². The second-order valence-electron chi connectivity index (χ2n) is 8.65. The predicted molar refractivity (Wildman–Crippen MR) is 113 cm³/mol. The Morgan fingerprint density at radius 3 is 2.52 bits per heavy atom. The number of benzene rings is 1. The van der Waals surface area contributed by atoms with E-state index in [1.54, 1.807) is 11.3 Å². The van der Waals surface area contributed by atoms with Gasteiger partial charge in [-0.3, -0.25) is 4.79 Å². The van der Waals surface area contributed by atoms with Gasteiger partial charge < -0.3 is 10.2 Å². The van der Waals surface area contributed by atoms with Gasteiger partial charge in [0.15, 0.2) is 5.78 Å². The lowest BCUT2D eigenvalue weighted by molar-refractivity contribution is -0.118. The van der Waals surface area contributed by atoms with Crippen LogP contribution in [0.15, 0.2) is 41.0 Å². The number of rotatable bonds is 3. The van der Waals surface area contributed by atoms with E-state index in [0.717, 1.165) is 40.5 Å². The fourth-order valence-corrected chi connectivity index (χ4v) is 5.72. The highest BCUT2D eigenvalue weighted by molar-refractivity contribution is 7.10. The zero-order valence-electron chi connectivity index (χ0n) is 16.7. The summed E-state index contributed by atoms with van der Waals surface area (Å²) in [6.45, 7) is 6.53. The molecule has 27 heavy (non-hydrogen) atoms. The summed E-state index contributed by atoms with van der Waals surface area (Å²) in [6, 6.07) is 8.66. The number of nitrogens with zero attached hydrogens (tertiary/aromatic N) is 2. The smallest absolute Gasteiger partial charge is 0.162 e. The molecule has 142 valence electrons. The normalized spacial score (nSPS) is 23.5. The Labute approximate surface area is 165 Å². The van der Waals surface area contributed by atoms with Gasteiger partial charge in [0, 0.05) is 37.5 Å². The first-order valence-electron chi connectivity index (χ1n) is 9.54. The number of carbonyl (C=O) groups is 1. The average molecular weight is 382 g/mol. The summed E-state index contributed by atoms with van der Waals surface area (Å²) < 4.78 is 0. The highest BCUT2D eigenvalue weighted by Gasteiger charge is 2.50. The molecule has 0 saturated heterocycles. The molecule has 2 aromatic rings. The van der Waals surface area contributed by atoms with E-state index in [1.165, 1.54) is 5.56 Å². The quantitative estimate of drug-likeness (QED) is 0.815. The van der Waals surface area contributed by atoms with Crippen molar-refractivity contribution in [1.82, 2.24) is 4.98 Å². The van der Waals surface area contributed by atoms with Gasteiger partial charge >= 0.3 is 0 Å². The first kappa shape index (κ1) is 18.2. The number of carbonyl (C=O) groups excluding carboxylic acids is 1. The van der Waals surface area contributed by atoms with Gasteiger partial charge in [0.1, 0.15) is 5.82 Å². The maximum atomic E-state index is 13.4. The van der Waals surface area contributed by atoms with Crippen molar-refractivity contribution in [3.05, 3.63) is 51.5 Å². The van der Waals surface area contributed by atoms with E-state index in [1.807, 2.05) is 19.6 Å². The number of fused-ring (bicyclic) bond motifs is 1. The van der Waals surface area contributed by atoms with Crippen LogP contribution in [0.4, 0.5) is 11.5 Å². The van der Waals surface area contributed by atoms with Crippen molar-refractivity contribution in [2.45, 2.75) is 45.4 Å². The molecule has 2 heterocycles. The van der Waals surface area contributed by atoms with E-state index in [4.69, 9.17) is 0 Å². The van der Waals surface area contributed by atoms with Gasteiger partial charge in [-0.1, -0.05) is 32.9 Å². The molecule has 1 unspecified atom stereocenters. The van der Waals surface area contributed by atoms with E-state index in [-0.39, 0.29) is 11.2 Å². The third-order valence-corrected chi connectivity index (χ3v) is 6.92. The molecule has 0 spiro atoms. The van der Waals surface area contributed by atoms with Gasteiger partial charge in [-0.05, 0) is 36.0 Å². The van der Waals surface area contributed by atoms with E-state index in [2.05, 4.69) is 60.2 Å². The molecule has 1 aromatic carbocycles. The number of anilines is 2. The van der Waals surface area contributed by atoms with Gasteiger partial charge in [-0.2, -0.15) is 0 Å². The summed E-state index contributed by atoms with van der Waals surface area (Å²) in [4.78, 5) is 21.2. The molecule has 4 nitrogen and oxygen atoms in total. The van der Waals surface area contributed by atoms with Crippen LogP contribution in [0.1, 0.15) is 50.5 Å². The van der Waals surface area contributed by atoms with Crippen LogP contribution in [0.2, 0.25) is 0 Å². The molecule has 0 radical (unpaired) electrons. The molecule has 1 atom stereocenters. The van der Waals surface area contributed by atoms with Crippen molar-refractivity contribution in [3.8, 4) is 0 Å². The number of nitrogens with one attached hydrogen (secondary N) is 1. The summed E-state index contributed by atoms with van der Waals surface area (Å²) >= 11 is 1.65. The highest BCUT2D eigenvalue weighted by atomic mass is 32.1. The number of aromatic nitrogens is 1. The van der Waals surface area contributed by atoms with Crippen LogP contribution in [0, 0.1) is 5.41 Å². The molecular weight excluding hydrogens is 354 g/mol. The van der Waals surface area contributed by atoms with Crippen molar-refractivity contribution in [2.75, 3.05) is 24.3 Å². The fourth-order valence-electron chi connectivity index (χ4n) is 4.68. The topological polar surface area (TPSA) is 45.2 Å². The predicted octanol–water partition coefficient (Wildman–Crippen LogP) is 4.97. The van der Waals surface area contributed by atoms with E-state index in [9.17, 15) is 4.79 Å². The van der Waals surface area contributed by atoms with Crippen LogP contribution in [0.5, 0.6) is 0 Å². The molecule has 2 aliphatic rings. The van der Waals surface area contributed by atoms with Gasteiger partial charge in [0.25, 0.3) is 0 Å². The minimum Gasteiger partial charge on any atom is -0.378 e. The molecule has 4 rings (SSSR count). The molecule has 0 saturated carbocycles. The monoisotopic (exact) mass is 381 g/mol. The largest absolute Gasteiger partial charge is 0.378 e. The van der Waals surface area contributed by atoms with Crippen LogP contribution < -0.4 is 10.2 Å². The van der Waals surface area contributed by atoms with Crippen LogP contribution in [-0.4, -0.2) is 24.9 Å². The lowest BCUT2D eigenvalue weighted by atomic mass is 9.62.